The predicted molar refractivity (Wildman–Crippen MR) is 37.9 cm³/mol. The summed E-state index contributed by atoms with van der Waals surface area (Å²) in [6.45, 7) is 0. The van der Waals surface area contributed by atoms with Gasteiger partial charge in [0.05, 0.1) is 0 Å². The Balaban J connectivity index is 3.45. The number of carbonyl (C=O) groups is 1. The third-order valence-corrected chi connectivity index (χ3v) is 1.31. The molecule has 0 aromatic rings. The van der Waals surface area contributed by atoms with Crippen LogP contribution in [0.3, 0.4) is 0 Å². The van der Waals surface area contributed by atoms with Gasteiger partial charge in [-0.1, -0.05) is 0 Å². The first-order valence-electron chi connectivity index (χ1n) is 3.27. The zero-order valence-corrected chi connectivity index (χ0v) is 6.36. The minimum absolute atomic E-state index is 0.213. The summed E-state index contributed by atoms with van der Waals surface area (Å²) in [4.78, 5) is 10.2. The topological polar surface area (TPSA) is 92.8 Å². The summed E-state index contributed by atoms with van der Waals surface area (Å²) in [5.41, 5.74) is 5.15. The largest absolute Gasteiger partial charge is 0.480 e. The summed E-state index contributed by atoms with van der Waals surface area (Å²) in [6, 6.07) is -0.917. The second-order valence-corrected chi connectivity index (χ2v) is 2.21. The Morgan fingerprint density at radius 1 is 1.64 bits per heavy atom. The smallest absolute Gasteiger partial charge is 0.320 e. The Labute approximate surface area is 64.8 Å². The highest BCUT2D eigenvalue weighted by Crippen LogP contribution is 2.00. The molecule has 0 rings (SSSR count). The molecule has 5 nitrogen and oxygen atoms in total. The fourth-order valence-electron chi connectivity index (χ4n) is 0.563. The van der Waals surface area contributed by atoms with E-state index >= 15 is 0 Å². The summed E-state index contributed by atoms with van der Waals surface area (Å²) >= 11 is 0. The second-order valence-electron chi connectivity index (χ2n) is 2.21. The number of carboxylic acid groups (broad SMARTS) is 1. The van der Waals surface area contributed by atoms with E-state index in [1.807, 2.05) is 0 Å². The summed E-state index contributed by atoms with van der Waals surface area (Å²) in [7, 11) is 1.34. The van der Waals surface area contributed by atoms with Crippen LogP contribution in [0.4, 0.5) is 0 Å². The van der Waals surface area contributed by atoms with Crippen molar-refractivity contribution in [1.29, 1.82) is 0 Å². The normalized spacial score (nSPS) is 15.9. The van der Waals surface area contributed by atoms with E-state index < -0.39 is 18.3 Å². The average molecular weight is 163 g/mol. The monoisotopic (exact) mass is 163 g/mol. The number of nitrogens with two attached hydrogens (primary N) is 1. The van der Waals surface area contributed by atoms with Crippen molar-refractivity contribution in [3.8, 4) is 0 Å². The average Bonchev–Trinajstić information content (AvgIpc) is 1.99. The Hall–Kier alpha value is -0.650. The molecular weight excluding hydrogens is 150 g/mol. The number of rotatable bonds is 5. The van der Waals surface area contributed by atoms with Crippen LogP contribution in [0.5, 0.6) is 0 Å². The zero-order chi connectivity index (χ0) is 8.85. The number of aliphatic hydroxyl groups is 1. The lowest BCUT2D eigenvalue weighted by molar-refractivity contribution is -0.139. The lowest BCUT2D eigenvalue weighted by atomic mass is 10.2. The van der Waals surface area contributed by atoms with Gasteiger partial charge in [-0.05, 0) is 6.42 Å². The number of ether oxygens (including phenoxy) is 1. The Bertz CT molecular complexity index is 128. The van der Waals surface area contributed by atoms with Crippen LogP contribution < -0.4 is 5.73 Å². The fraction of sp³-hybridized carbons (Fsp3) is 0.833. The van der Waals surface area contributed by atoms with E-state index in [9.17, 15) is 4.79 Å². The van der Waals surface area contributed by atoms with E-state index in [-0.39, 0.29) is 12.8 Å². The molecule has 66 valence electrons. The fourth-order valence-corrected chi connectivity index (χ4v) is 0.563. The van der Waals surface area contributed by atoms with Gasteiger partial charge < -0.3 is 20.7 Å². The molecule has 5 heteroatoms. The predicted octanol–water partition coefficient (Wildman–Crippen LogP) is -0.857. The summed E-state index contributed by atoms with van der Waals surface area (Å²) in [5.74, 6) is -1.06. The van der Waals surface area contributed by atoms with Gasteiger partial charge >= 0.3 is 5.97 Å². The van der Waals surface area contributed by atoms with Crippen molar-refractivity contribution in [1.82, 2.24) is 0 Å². The van der Waals surface area contributed by atoms with Crippen LogP contribution in [0.25, 0.3) is 0 Å². The van der Waals surface area contributed by atoms with Gasteiger partial charge in [0.15, 0.2) is 6.29 Å². The number of aliphatic carboxylic acids is 1. The summed E-state index contributed by atoms with van der Waals surface area (Å²) in [6.07, 6.45) is -0.464. The van der Waals surface area contributed by atoms with Gasteiger partial charge in [0.25, 0.3) is 0 Å². The van der Waals surface area contributed by atoms with E-state index in [0.29, 0.717) is 0 Å². The molecule has 0 fully saturated rings. The first-order chi connectivity index (χ1) is 5.07. The van der Waals surface area contributed by atoms with E-state index in [4.69, 9.17) is 15.9 Å². The molecule has 0 amide bonds. The SMILES string of the molecule is COC(O)CC[C@H](N)C(=O)O. The van der Waals surface area contributed by atoms with Crippen LogP contribution in [-0.4, -0.2) is 35.6 Å². The third kappa shape index (κ3) is 4.72. The molecule has 11 heavy (non-hydrogen) atoms. The molecule has 1 unspecified atom stereocenters. The molecule has 0 saturated heterocycles. The van der Waals surface area contributed by atoms with Gasteiger partial charge in [0.2, 0.25) is 0 Å². The molecule has 4 N–H and O–H groups in total. The number of methoxy groups -OCH3 is 1. The summed E-state index contributed by atoms with van der Waals surface area (Å²) < 4.78 is 4.49. The van der Waals surface area contributed by atoms with Crippen molar-refractivity contribution in [3.63, 3.8) is 0 Å². The maximum Gasteiger partial charge on any atom is 0.320 e. The first kappa shape index (κ1) is 10.3. The lowest BCUT2D eigenvalue weighted by Crippen LogP contribution is -2.31. The molecule has 0 bridgehead atoms. The minimum atomic E-state index is -1.06. The van der Waals surface area contributed by atoms with Crippen molar-refractivity contribution in [2.75, 3.05) is 7.11 Å². The Morgan fingerprint density at radius 3 is 2.55 bits per heavy atom. The second kappa shape index (κ2) is 5.06. The Morgan fingerprint density at radius 2 is 2.18 bits per heavy atom. The molecule has 0 aliphatic carbocycles. The van der Waals surface area contributed by atoms with Crippen molar-refractivity contribution < 1.29 is 19.7 Å². The van der Waals surface area contributed by atoms with Gasteiger partial charge in [-0.15, -0.1) is 0 Å². The molecule has 0 heterocycles. The quantitative estimate of drug-likeness (QED) is 0.459. The molecule has 0 spiro atoms. The van der Waals surface area contributed by atoms with Crippen molar-refractivity contribution in [2.24, 2.45) is 5.73 Å². The van der Waals surface area contributed by atoms with Crippen molar-refractivity contribution in [2.45, 2.75) is 25.2 Å². The molecule has 0 saturated carbocycles. The number of hydrogen-bond acceptors (Lipinski definition) is 4. The van der Waals surface area contributed by atoms with Crippen LogP contribution in [0.1, 0.15) is 12.8 Å². The highest BCUT2D eigenvalue weighted by atomic mass is 16.6. The molecule has 0 aliphatic rings. The van der Waals surface area contributed by atoms with Crippen LogP contribution in [0, 0.1) is 0 Å². The number of aliphatic hydroxyl groups excluding tert-OH is 1. The molecule has 2 atom stereocenters. The van der Waals surface area contributed by atoms with E-state index in [1.165, 1.54) is 7.11 Å². The molecule has 0 aromatic carbocycles. The van der Waals surface area contributed by atoms with Crippen molar-refractivity contribution >= 4 is 5.97 Å². The van der Waals surface area contributed by atoms with Crippen LogP contribution >= 0.6 is 0 Å². The molecule has 0 aromatic heterocycles. The van der Waals surface area contributed by atoms with E-state index in [2.05, 4.69) is 4.74 Å². The molecular formula is C6H13NO4. The van der Waals surface area contributed by atoms with Gasteiger partial charge in [0, 0.05) is 13.5 Å². The number of hydrogen-bond donors (Lipinski definition) is 3. The van der Waals surface area contributed by atoms with E-state index in [1.54, 1.807) is 0 Å². The van der Waals surface area contributed by atoms with Crippen LogP contribution in [-0.2, 0) is 9.53 Å². The first-order valence-corrected chi connectivity index (χ1v) is 3.27. The summed E-state index contributed by atoms with van der Waals surface area (Å²) in [5, 5.41) is 17.1. The van der Waals surface area contributed by atoms with Crippen LogP contribution in [0.2, 0.25) is 0 Å². The van der Waals surface area contributed by atoms with Gasteiger partial charge in [-0.25, -0.2) is 0 Å². The maximum absolute atomic E-state index is 10.2. The zero-order valence-electron chi connectivity index (χ0n) is 6.36. The standard InChI is InChI=1S/C6H13NO4/c1-11-5(8)3-2-4(7)6(9)10/h4-5,8H,2-3,7H2,1H3,(H,9,10)/t4-,5?/m0/s1. The third-order valence-electron chi connectivity index (χ3n) is 1.31. The number of carboxylic acids is 1. The Kier molecular flexibility index (Phi) is 4.76. The highest BCUT2D eigenvalue weighted by Gasteiger charge is 2.12. The van der Waals surface area contributed by atoms with Gasteiger partial charge in [-0.3, -0.25) is 4.79 Å². The van der Waals surface area contributed by atoms with Gasteiger partial charge in [-0.2, -0.15) is 0 Å². The highest BCUT2D eigenvalue weighted by molar-refractivity contribution is 5.72. The van der Waals surface area contributed by atoms with Crippen LogP contribution in [0.15, 0.2) is 0 Å². The van der Waals surface area contributed by atoms with Crippen molar-refractivity contribution in [3.05, 3.63) is 0 Å². The molecule has 0 radical (unpaired) electrons. The maximum atomic E-state index is 10.2. The van der Waals surface area contributed by atoms with Gasteiger partial charge in [0.1, 0.15) is 6.04 Å². The van der Waals surface area contributed by atoms with E-state index in [0.717, 1.165) is 0 Å². The lowest BCUT2D eigenvalue weighted by Gasteiger charge is -2.09. The molecule has 0 aliphatic heterocycles. The minimum Gasteiger partial charge on any atom is -0.480 e.